The number of rotatable bonds is 6. The highest BCUT2D eigenvalue weighted by Gasteiger charge is 2.05. The van der Waals surface area contributed by atoms with Gasteiger partial charge in [0.15, 0.2) is 5.76 Å². The summed E-state index contributed by atoms with van der Waals surface area (Å²) in [5.74, 6) is 1.26. The van der Waals surface area contributed by atoms with Crippen molar-refractivity contribution in [3.63, 3.8) is 0 Å². The van der Waals surface area contributed by atoms with Crippen LogP contribution in [0.4, 0.5) is 0 Å². The molecule has 6 heteroatoms. The van der Waals surface area contributed by atoms with E-state index < -0.39 is 0 Å². The third kappa shape index (κ3) is 4.42. The number of hydrogen-bond acceptors (Lipinski definition) is 4. The van der Waals surface area contributed by atoms with Crippen LogP contribution in [-0.2, 0) is 13.2 Å². The average molecular weight is 301 g/mol. The minimum Gasteiger partial charge on any atom is -0.485 e. The van der Waals surface area contributed by atoms with E-state index in [9.17, 15) is 0 Å². The van der Waals surface area contributed by atoms with Crippen molar-refractivity contribution in [1.29, 1.82) is 0 Å². The van der Waals surface area contributed by atoms with Gasteiger partial charge in [-0.1, -0.05) is 35.3 Å². The van der Waals surface area contributed by atoms with Crippen molar-refractivity contribution in [3.05, 3.63) is 45.8 Å². The summed E-state index contributed by atoms with van der Waals surface area (Å²) in [5.41, 5.74) is 0.851. The van der Waals surface area contributed by atoms with Gasteiger partial charge in [0.05, 0.1) is 5.69 Å². The lowest BCUT2D eigenvalue weighted by Crippen LogP contribution is -2.11. The van der Waals surface area contributed by atoms with Crippen molar-refractivity contribution >= 4 is 23.2 Å². The number of aromatic nitrogens is 1. The SMILES string of the molecule is CCNCc1cc(COc2cc(Cl)cc(Cl)c2)on1. The Hall–Kier alpha value is -1.23. The summed E-state index contributed by atoms with van der Waals surface area (Å²) in [6, 6.07) is 6.90. The molecule has 0 radical (unpaired) electrons. The standard InChI is InChI=1S/C13H14Cl2N2O2/c1-2-16-7-11-6-13(19-17-11)8-18-12-4-9(14)3-10(15)5-12/h3-6,16H,2,7-8H2,1H3. The highest BCUT2D eigenvalue weighted by atomic mass is 35.5. The van der Waals surface area contributed by atoms with Crippen LogP contribution in [0, 0.1) is 0 Å². The topological polar surface area (TPSA) is 47.3 Å². The van der Waals surface area contributed by atoms with Crippen molar-refractivity contribution in [3.8, 4) is 5.75 Å². The molecule has 0 aliphatic rings. The van der Waals surface area contributed by atoms with Gasteiger partial charge in [0.1, 0.15) is 12.4 Å². The highest BCUT2D eigenvalue weighted by Crippen LogP contribution is 2.24. The Morgan fingerprint density at radius 1 is 1.21 bits per heavy atom. The van der Waals surface area contributed by atoms with Crippen molar-refractivity contribution in [2.45, 2.75) is 20.1 Å². The fourth-order valence-electron chi connectivity index (χ4n) is 1.53. The summed E-state index contributed by atoms with van der Waals surface area (Å²) in [4.78, 5) is 0. The van der Waals surface area contributed by atoms with Crippen molar-refractivity contribution in [2.24, 2.45) is 0 Å². The lowest BCUT2D eigenvalue weighted by atomic mass is 10.3. The fourth-order valence-corrected chi connectivity index (χ4v) is 2.03. The van der Waals surface area contributed by atoms with Crippen LogP contribution in [0.15, 0.2) is 28.8 Å². The summed E-state index contributed by atoms with van der Waals surface area (Å²) < 4.78 is 10.7. The van der Waals surface area contributed by atoms with Crippen LogP contribution in [-0.4, -0.2) is 11.7 Å². The first-order valence-electron chi connectivity index (χ1n) is 5.91. The molecule has 19 heavy (non-hydrogen) atoms. The molecule has 0 saturated heterocycles. The van der Waals surface area contributed by atoms with E-state index in [0.29, 0.717) is 28.1 Å². The number of halogens is 2. The fraction of sp³-hybridized carbons (Fsp3) is 0.308. The van der Waals surface area contributed by atoms with Gasteiger partial charge in [-0.05, 0) is 24.7 Å². The summed E-state index contributed by atoms with van der Waals surface area (Å²) in [5, 5.41) is 8.17. The molecule has 4 nitrogen and oxygen atoms in total. The summed E-state index contributed by atoms with van der Waals surface area (Å²) in [7, 11) is 0. The van der Waals surface area contributed by atoms with E-state index in [2.05, 4.69) is 10.5 Å². The van der Waals surface area contributed by atoms with Crippen LogP contribution in [0.1, 0.15) is 18.4 Å². The van der Waals surface area contributed by atoms with Crippen LogP contribution in [0.5, 0.6) is 5.75 Å². The maximum atomic E-state index is 5.88. The molecule has 0 unspecified atom stereocenters. The van der Waals surface area contributed by atoms with Gasteiger partial charge in [-0.2, -0.15) is 0 Å². The molecule has 0 fully saturated rings. The predicted molar refractivity (Wildman–Crippen MR) is 74.7 cm³/mol. The maximum absolute atomic E-state index is 5.88. The molecule has 0 spiro atoms. The second-order valence-corrected chi connectivity index (χ2v) is 4.83. The van der Waals surface area contributed by atoms with E-state index in [-0.39, 0.29) is 6.61 Å². The second-order valence-electron chi connectivity index (χ2n) is 3.96. The number of benzene rings is 1. The van der Waals surface area contributed by atoms with Gasteiger partial charge in [0, 0.05) is 22.7 Å². The first-order chi connectivity index (χ1) is 9.17. The van der Waals surface area contributed by atoms with Gasteiger partial charge in [0.25, 0.3) is 0 Å². The smallest absolute Gasteiger partial charge is 0.174 e. The summed E-state index contributed by atoms with van der Waals surface area (Å²) in [6.07, 6.45) is 0. The van der Waals surface area contributed by atoms with Crippen LogP contribution < -0.4 is 10.1 Å². The molecular formula is C13H14Cl2N2O2. The molecule has 1 N–H and O–H groups in total. The normalized spacial score (nSPS) is 10.7. The predicted octanol–water partition coefficient (Wildman–Crippen LogP) is 3.67. The molecule has 0 bridgehead atoms. The van der Waals surface area contributed by atoms with Gasteiger partial charge < -0.3 is 14.6 Å². The Kier molecular flexibility index (Phi) is 5.07. The molecular weight excluding hydrogens is 287 g/mol. The minimum atomic E-state index is 0.287. The Bertz CT molecular complexity index is 523. The van der Waals surface area contributed by atoms with E-state index in [0.717, 1.165) is 12.2 Å². The summed E-state index contributed by atoms with van der Waals surface area (Å²) in [6.45, 7) is 3.89. The molecule has 102 valence electrons. The second kappa shape index (κ2) is 6.80. The molecule has 1 heterocycles. The molecule has 2 rings (SSSR count). The largest absolute Gasteiger partial charge is 0.485 e. The lowest BCUT2D eigenvalue weighted by Gasteiger charge is -2.04. The van der Waals surface area contributed by atoms with Crippen molar-refractivity contribution in [1.82, 2.24) is 10.5 Å². The van der Waals surface area contributed by atoms with Crippen LogP contribution in [0.2, 0.25) is 10.0 Å². The number of ether oxygens (including phenoxy) is 1. The van der Waals surface area contributed by atoms with E-state index in [4.69, 9.17) is 32.5 Å². The number of hydrogen-bond donors (Lipinski definition) is 1. The molecule has 0 saturated carbocycles. The third-order valence-electron chi connectivity index (χ3n) is 2.38. The minimum absolute atomic E-state index is 0.287. The van der Waals surface area contributed by atoms with Crippen molar-refractivity contribution < 1.29 is 9.26 Å². The van der Waals surface area contributed by atoms with E-state index >= 15 is 0 Å². The van der Waals surface area contributed by atoms with E-state index in [1.807, 2.05) is 13.0 Å². The Morgan fingerprint density at radius 3 is 2.63 bits per heavy atom. The molecule has 0 aliphatic carbocycles. The molecule has 0 amide bonds. The Balaban J connectivity index is 1.92. The van der Waals surface area contributed by atoms with E-state index in [1.165, 1.54) is 0 Å². The number of nitrogens with zero attached hydrogens (tertiary/aromatic N) is 1. The molecule has 0 atom stereocenters. The molecule has 2 aromatic rings. The van der Waals surface area contributed by atoms with Crippen LogP contribution >= 0.6 is 23.2 Å². The van der Waals surface area contributed by atoms with Gasteiger partial charge in [-0.15, -0.1) is 0 Å². The Morgan fingerprint density at radius 2 is 1.95 bits per heavy atom. The highest BCUT2D eigenvalue weighted by molar-refractivity contribution is 6.34. The third-order valence-corrected chi connectivity index (χ3v) is 2.82. The van der Waals surface area contributed by atoms with Crippen LogP contribution in [0.25, 0.3) is 0 Å². The monoisotopic (exact) mass is 300 g/mol. The summed E-state index contributed by atoms with van der Waals surface area (Å²) >= 11 is 11.8. The van der Waals surface area contributed by atoms with Gasteiger partial charge >= 0.3 is 0 Å². The zero-order chi connectivity index (χ0) is 13.7. The molecule has 0 aliphatic heterocycles. The lowest BCUT2D eigenvalue weighted by molar-refractivity contribution is 0.248. The van der Waals surface area contributed by atoms with E-state index in [1.54, 1.807) is 18.2 Å². The van der Waals surface area contributed by atoms with Gasteiger partial charge in [-0.3, -0.25) is 0 Å². The first-order valence-corrected chi connectivity index (χ1v) is 6.67. The zero-order valence-electron chi connectivity index (χ0n) is 10.5. The quantitative estimate of drug-likeness (QED) is 0.884. The maximum Gasteiger partial charge on any atom is 0.174 e. The van der Waals surface area contributed by atoms with Crippen LogP contribution in [0.3, 0.4) is 0 Å². The average Bonchev–Trinajstić information content (AvgIpc) is 2.81. The number of nitrogens with one attached hydrogen (secondary N) is 1. The van der Waals surface area contributed by atoms with Gasteiger partial charge in [0.2, 0.25) is 0 Å². The first kappa shape index (κ1) is 14.2. The van der Waals surface area contributed by atoms with Crippen molar-refractivity contribution in [2.75, 3.05) is 6.54 Å². The Labute approximate surface area is 121 Å². The molecule has 1 aromatic carbocycles. The van der Waals surface area contributed by atoms with Gasteiger partial charge in [-0.25, -0.2) is 0 Å². The molecule has 1 aromatic heterocycles. The zero-order valence-corrected chi connectivity index (χ0v) is 12.0.